The molecule has 2 aliphatic carbocycles. The zero-order valence-electron chi connectivity index (χ0n) is 19.7. The van der Waals surface area contributed by atoms with Crippen molar-refractivity contribution in [1.82, 2.24) is 0 Å². The molecule has 2 fully saturated rings. The number of hydrogen-bond donors (Lipinski definition) is 0. The van der Waals surface area contributed by atoms with Crippen molar-refractivity contribution in [3.05, 3.63) is 24.3 Å². The van der Waals surface area contributed by atoms with Gasteiger partial charge < -0.3 is 24.1 Å². The normalized spacial score (nSPS) is 18.1. The second-order valence-electron chi connectivity index (χ2n) is 7.25. The first-order valence-electron chi connectivity index (χ1n) is 10.1. The van der Waals surface area contributed by atoms with Gasteiger partial charge in [0.2, 0.25) is 0 Å². The molecule has 0 radical (unpaired) electrons. The van der Waals surface area contributed by atoms with Crippen LogP contribution >= 0.6 is 11.6 Å². The van der Waals surface area contributed by atoms with Crippen molar-refractivity contribution in [2.24, 2.45) is 0 Å². The number of ketones is 2. The van der Waals surface area contributed by atoms with Crippen molar-refractivity contribution in [3.63, 3.8) is 0 Å². The van der Waals surface area contributed by atoms with Crippen LogP contribution in [0, 0.1) is 0 Å². The first-order valence-corrected chi connectivity index (χ1v) is 10.5. The fourth-order valence-electron chi connectivity index (χ4n) is 2.37. The summed E-state index contributed by atoms with van der Waals surface area (Å²) in [5.41, 5.74) is 0.381. The van der Waals surface area contributed by atoms with Crippen LogP contribution in [0.5, 0.6) is 0 Å². The van der Waals surface area contributed by atoms with Gasteiger partial charge in [0.1, 0.15) is 6.61 Å². The Balaban J connectivity index is 0. The third kappa shape index (κ3) is 15.8. The van der Waals surface area contributed by atoms with Gasteiger partial charge in [-0.15, -0.1) is 11.6 Å². The summed E-state index contributed by atoms with van der Waals surface area (Å²) >= 11 is 5.51. The number of carboxylic acid groups (broad SMARTS) is 1. The van der Waals surface area contributed by atoms with Gasteiger partial charge in [0.15, 0.2) is 24.3 Å². The Kier molecular flexibility index (Phi) is 18.4. The molecule has 0 heterocycles. The van der Waals surface area contributed by atoms with Gasteiger partial charge in [-0.05, 0) is 39.5 Å². The van der Waals surface area contributed by atoms with Gasteiger partial charge in [0.25, 0.3) is 0 Å². The molecule has 0 aromatic carbocycles. The van der Waals surface area contributed by atoms with Crippen LogP contribution in [0.25, 0.3) is 0 Å². The number of esters is 3. The average Bonchev–Trinajstić information content (AvgIpc) is 3.32. The van der Waals surface area contributed by atoms with Gasteiger partial charge in [-0.2, -0.15) is 0 Å². The van der Waals surface area contributed by atoms with Crippen LogP contribution in [0.2, 0.25) is 0 Å². The van der Waals surface area contributed by atoms with Crippen molar-refractivity contribution in [2.45, 2.75) is 63.9 Å². The molecular weight excluding hydrogens is 483 g/mol. The quantitative estimate of drug-likeness (QED) is 0.123. The van der Waals surface area contributed by atoms with Crippen LogP contribution < -0.4 is 34.7 Å². The zero-order valence-corrected chi connectivity index (χ0v) is 22.4. The molecule has 2 atom stereocenters. The topological polar surface area (TPSA) is 153 Å². The van der Waals surface area contributed by atoms with Gasteiger partial charge in [0, 0.05) is 24.0 Å². The van der Waals surface area contributed by atoms with E-state index in [9.17, 15) is 33.9 Å². The summed E-state index contributed by atoms with van der Waals surface area (Å²) in [6.07, 6.45) is 3.67. The Hall–Kier alpha value is -2.01. The predicted octanol–water partition coefficient (Wildman–Crippen LogP) is -2.02. The molecule has 2 rings (SSSR count). The molecule has 34 heavy (non-hydrogen) atoms. The molecule has 0 aromatic rings. The van der Waals surface area contributed by atoms with Crippen LogP contribution in [0.15, 0.2) is 24.3 Å². The van der Waals surface area contributed by atoms with E-state index in [0.29, 0.717) is 19.3 Å². The first kappa shape index (κ1) is 34.2. The number of alkyl halides is 1. The summed E-state index contributed by atoms with van der Waals surface area (Å²) < 4.78 is 13.6. The third-order valence-electron chi connectivity index (χ3n) is 4.09. The molecule has 0 spiro atoms. The first-order chi connectivity index (χ1) is 15.3. The number of ether oxygens (including phenoxy) is 3. The van der Waals surface area contributed by atoms with Crippen molar-refractivity contribution in [2.75, 3.05) is 13.2 Å². The molecule has 0 aromatic heterocycles. The molecule has 2 unspecified atom stereocenters. The Morgan fingerprint density at radius 2 is 1.38 bits per heavy atom. The minimum atomic E-state index is -1.42. The van der Waals surface area contributed by atoms with Gasteiger partial charge in [-0.1, -0.05) is 13.2 Å². The number of Topliss-reactive ketones (excluding diaryl/α,β-unsaturated/α-hetero) is 2. The van der Waals surface area contributed by atoms with Crippen molar-refractivity contribution in [3.8, 4) is 0 Å². The Morgan fingerprint density at radius 3 is 1.71 bits per heavy atom. The SMILES string of the molecule is C=C(C)C(=O)OCC(=O)OC1CCCC1=O.C=C(C)C(=O)OCC(=O)[O-].O=C1CCCC1Cl.[Na+]. The second kappa shape index (κ2) is 18.3. The van der Waals surface area contributed by atoms with Crippen molar-refractivity contribution >= 4 is 47.0 Å². The minimum absolute atomic E-state index is 0. The van der Waals surface area contributed by atoms with Crippen LogP contribution in [-0.4, -0.2) is 60.1 Å². The van der Waals surface area contributed by atoms with Gasteiger partial charge in [-0.3, -0.25) is 9.59 Å². The maximum atomic E-state index is 11.2. The largest absolute Gasteiger partial charge is 1.00 e. The van der Waals surface area contributed by atoms with Crippen LogP contribution in [0.4, 0.5) is 0 Å². The number of hydrogen-bond acceptors (Lipinski definition) is 10. The van der Waals surface area contributed by atoms with Gasteiger partial charge in [0.05, 0.1) is 11.3 Å². The molecule has 184 valence electrons. The fourth-order valence-corrected chi connectivity index (χ4v) is 2.63. The average molecular weight is 511 g/mol. The van der Waals surface area contributed by atoms with E-state index in [0.717, 1.165) is 19.3 Å². The van der Waals surface area contributed by atoms with Crippen molar-refractivity contribution in [1.29, 1.82) is 0 Å². The number of aliphatic carboxylic acids is 1. The summed E-state index contributed by atoms with van der Waals surface area (Å²) in [5.74, 6) is -3.33. The molecule has 0 bridgehead atoms. The van der Waals surface area contributed by atoms with Crippen LogP contribution in [-0.2, 0) is 43.0 Å². The van der Waals surface area contributed by atoms with E-state index in [1.807, 2.05) is 0 Å². The summed E-state index contributed by atoms with van der Waals surface area (Å²) in [6, 6.07) is 0. The summed E-state index contributed by atoms with van der Waals surface area (Å²) in [5, 5.41) is 9.56. The van der Waals surface area contributed by atoms with Crippen LogP contribution in [0.3, 0.4) is 0 Å². The van der Waals surface area contributed by atoms with E-state index >= 15 is 0 Å². The van der Waals surface area contributed by atoms with E-state index in [4.69, 9.17) is 16.3 Å². The maximum Gasteiger partial charge on any atom is 1.00 e. The maximum absolute atomic E-state index is 11.2. The summed E-state index contributed by atoms with van der Waals surface area (Å²) in [6.45, 7) is 8.33. The number of carboxylic acids is 1. The number of rotatable bonds is 7. The third-order valence-corrected chi connectivity index (χ3v) is 4.55. The fraction of sp³-hybridized carbons (Fsp3) is 0.545. The standard InChI is InChI=1S/C11H14O5.C6H8O4.C5H7ClO.Na/c1-7(2)11(14)15-6-10(13)16-9-5-3-4-8(9)12;1-4(2)6(9)10-3-5(7)8;6-4-2-1-3-5(4)7;/h9H,1,3-6H2,2H3;1,3H2,2H3,(H,7,8);4H,1-3H2;/q;;;+1/p-1. The molecule has 0 saturated heterocycles. The van der Waals surface area contributed by atoms with E-state index in [-0.39, 0.29) is 57.6 Å². The zero-order chi connectivity index (χ0) is 25.6. The van der Waals surface area contributed by atoms with E-state index in [1.165, 1.54) is 13.8 Å². The monoisotopic (exact) mass is 510 g/mol. The van der Waals surface area contributed by atoms with Crippen molar-refractivity contribution < 1.29 is 77.6 Å². The number of carbonyl (C=O) groups excluding carboxylic acids is 6. The minimum Gasteiger partial charge on any atom is -0.546 e. The Bertz CT molecular complexity index is 793. The summed E-state index contributed by atoms with van der Waals surface area (Å²) in [4.78, 5) is 63.9. The molecule has 0 amide bonds. The molecule has 2 aliphatic rings. The second-order valence-corrected chi connectivity index (χ2v) is 7.77. The molecule has 2 saturated carbocycles. The Morgan fingerprint density at radius 1 is 0.912 bits per heavy atom. The number of halogens is 1. The van der Waals surface area contributed by atoms with Crippen LogP contribution in [0.1, 0.15) is 52.4 Å². The van der Waals surface area contributed by atoms with Gasteiger partial charge >= 0.3 is 47.5 Å². The van der Waals surface area contributed by atoms with Gasteiger partial charge in [-0.25, -0.2) is 14.4 Å². The number of carbonyl (C=O) groups is 6. The molecule has 12 heteroatoms. The molecule has 0 aliphatic heterocycles. The smallest absolute Gasteiger partial charge is 0.546 e. The predicted molar refractivity (Wildman–Crippen MR) is 114 cm³/mol. The molecule has 0 N–H and O–H groups in total. The van der Waals surface area contributed by atoms with E-state index in [2.05, 4.69) is 22.6 Å². The van der Waals surface area contributed by atoms with E-state index < -0.39 is 43.2 Å². The molecule has 10 nitrogen and oxygen atoms in total. The van der Waals surface area contributed by atoms with E-state index in [1.54, 1.807) is 0 Å². The summed E-state index contributed by atoms with van der Waals surface area (Å²) in [7, 11) is 0. The Labute approximate surface area is 225 Å². The molecular formula is C22H28ClNaO10.